The van der Waals surface area contributed by atoms with E-state index in [0.717, 1.165) is 11.6 Å². The van der Waals surface area contributed by atoms with Crippen LogP contribution in [0.15, 0.2) is 36.4 Å². The molecule has 0 spiro atoms. The summed E-state index contributed by atoms with van der Waals surface area (Å²) in [4.78, 5) is 14.6. The second kappa shape index (κ2) is 5.43. The minimum absolute atomic E-state index is 0.219. The molecular formula is C14H11F3N2O2. The Hall–Kier alpha value is -2.57. The van der Waals surface area contributed by atoms with Crippen molar-refractivity contribution in [2.45, 2.75) is 13.1 Å². The first-order valence-corrected chi connectivity index (χ1v) is 5.90. The molecule has 0 fully saturated rings. The lowest BCUT2D eigenvalue weighted by Crippen LogP contribution is -2.16. The third-order valence-electron chi connectivity index (χ3n) is 2.65. The van der Waals surface area contributed by atoms with Gasteiger partial charge < -0.3 is 10.5 Å². The minimum Gasteiger partial charge on any atom is -0.438 e. The zero-order valence-electron chi connectivity index (χ0n) is 10.9. The maximum absolute atomic E-state index is 12.7. The smallest absolute Gasteiger partial charge is 0.433 e. The van der Waals surface area contributed by atoms with Crippen LogP contribution in [-0.2, 0) is 6.18 Å². The van der Waals surface area contributed by atoms with E-state index in [1.807, 2.05) is 6.92 Å². The van der Waals surface area contributed by atoms with E-state index in [2.05, 4.69) is 4.98 Å². The van der Waals surface area contributed by atoms with Gasteiger partial charge in [-0.15, -0.1) is 0 Å². The Morgan fingerprint density at radius 2 is 1.76 bits per heavy atom. The molecular weight excluding hydrogens is 285 g/mol. The highest BCUT2D eigenvalue weighted by atomic mass is 19.4. The molecule has 1 aromatic heterocycles. The maximum atomic E-state index is 12.7. The molecule has 110 valence electrons. The number of alkyl halides is 3. The molecule has 0 radical (unpaired) electrons. The highest BCUT2D eigenvalue weighted by molar-refractivity contribution is 5.95. The molecule has 0 unspecified atom stereocenters. The standard InChI is InChI=1S/C14H11F3N2O2/c1-8-2-4-9(5-3-8)21-13-10(12(18)20)6-7-11(19-13)14(15,16)17/h2-7H,1H3,(H2,18,20). The first kappa shape index (κ1) is 14.8. The number of rotatable bonds is 3. The monoisotopic (exact) mass is 296 g/mol. The molecule has 1 heterocycles. The van der Waals surface area contributed by atoms with Crippen molar-refractivity contribution in [2.24, 2.45) is 5.73 Å². The van der Waals surface area contributed by atoms with E-state index < -0.39 is 23.7 Å². The van der Waals surface area contributed by atoms with Gasteiger partial charge in [-0.3, -0.25) is 4.79 Å². The number of carbonyl (C=O) groups excluding carboxylic acids is 1. The Kier molecular flexibility index (Phi) is 3.84. The lowest BCUT2D eigenvalue weighted by atomic mass is 10.2. The number of carbonyl (C=O) groups is 1. The van der Waals surface area contributed by atoms with Gasteiger partial charge in [-0.2, -0.15) is 13.2 Å². The van der Waals surface area contributed by atoms with Gasteiger partial charge in [0.15, 0.2) is 0 Å². The topological polar surface area (TPSA) is 65.2 Å². The van der Waals surface area contributed by atoms with E-state index in [0.29, 0.717) is 6.07 Å². The van der Waals surface area contributed by atoms with Crippen LogP contribution in [0.1, 0.15) is 21.6 Å². The number of nitrogens with zero attached hydrogens (tertiary/aromatic N) is 1. The van der Waals surface area contributed by atoms with Crippen molar-refractivity contribution in [2.75, 3.05) is 0 Å². The number of hydrogen-bond donors (Lipinski definition) is 1. The maximum Gasteiger partial charge on any atom is 0.433 e. The van der Waals surface area contributed by atoms with Gasteiger partial charge >= 0.3 is 6.18 Å². The van der Waals surface area contributed by atoms with Crippen molar-refractivity contribution in [3.8, 4) is 11.6 Å². The van der Waals surface area contributed by atoms with Gasteiger partial charge in [0.05, 0.1) is 0 Å². The first-order chi connectivity index (χ1) is 9.77. The van der Waals surface area contributed by atoms with Crippen molar-refractivity contribution in [3.05, 3.63) is 53.2 Å². The van der Waals surface area contributed by atoms with Crippen molar-refractivity contribution >= 4 is 5.91 Å². The summed E-state index contributed by atoms with van der Waals surface area (Å²) in [5, 5.41) is 0. The summed E-state index contributed by atoms with van der Waals surface area (Å²) < 4.78 is 43.2. The summed E-state index contributed by atoms with van der Waals surface area (Å²) in [6.45, 7) is 1.85. The van der Waals surface area contributed by atoms with E-state index in [4.69, 9.17) is 10.5 Å². The summed E-state index contributed by atoms with van der Waals surface area (Å²) in [5.74, 6) is -1.13. The molecule has 0 saturated heterocycles. The number of pyridine rings is 1. The van der Waals surface area contributed by atoms with Gasteiger partial charge in [-0.1, -0.05) is 17.7 Å². The molecule has 0 saturated carbocycles. The van der Waals surface area contributed by atoms with Crippen LogP contribution < -0.4 is 10.5 Å². The average Bonchev–Trinajstić information content (AvgIpc) is 2.40. The number of ether oxygens (including phenoxy) is 1. The van der Waals surface area contributed by atoms with Gasteiger partial charge in [0.2, 0.25) is 5.88 Å². The fraction of sp³-hybridized carbons (Fsp3) is 0.143. The van der Waals surface area contributed by atoms with Crippen molar-refractivity contribution in [1.82, 2.24) is 4.98 Å². The third kappa shape index (κ3) is 3.50. The summed E-state index contributed by atoms with van der Waals surface area (Å²) in [6, 6.07) is 8.17. The second-order valence-electron chi connectivity index (χ2n) is 4.33. The number of amides is 1. The highest BCUT2D eigenvalue weighted by Gasteiger charge is 2.33. The number of nitrogens with two attached hydrogens (primary N) is 1. The molecule has 2 N–H and O–H groups in total. The lowest BCUT2D eigenvalue weighted by molar-refractivity contribution is -0.141. The normalized spacial score (nSPS) is 11.2. The van der Waals surface area contributed by atoms with Gasteiger partial charge in [0.25, 0.3) is 5.91 Å². The summed E-state index contributed by atoms with van der Waals surface area (Å²) >= 11 is 0. The second-order valence-corrected chi connectivity index (χ2v) is 4.33. The number of aromatic nitrogens is 1. The fourth-order valence-electron chi connectivity index (χ4n) is 1.58. The van der Waals surface area contributed by atoms with E-state index in [-0.39, 0.29) is 11.3 Å². The highest BCUT2D eigenvalue weighted by Crippen LogP contribution is 2.31. The number of primary amides is 1. The summed E-state index contributed by atoms with van der Waals surface area (Å²) in [5.41, 5.74) is 4.69. The van der Waals surface area contributed by atoms with Crippen LogP contribution in [0.4, 0.5) is 13.2 Å². The van der Waals surface area contributed by atoms with Gasteiger partial charge in [0, 0.05) is 0 Å². The van der Waals surface area contributed by atoms with Crippen LogP contribution >= 0.6 is 0 Å². The average molecular weight is 296 g/mol. The molecule has 0 aliphatic rings. The number of aryl methyl sites for hydroxylation is 1. The number of hydrogen-bond acceptors (Lipinski definition) is 3. The van der Waals surface area contributed by atoms with Crippen molar-refractivity contribution in [1.29, 1.82) is 0 Å². The molecule has 7 heteroatoms. The fourth-order valence-corrected chi connectivity index (χ4v) is 1.58. The van der Waals surface area contributed by atoms with E-state index in [1.165, 1.54) is 0 Å². The van der Waals surface area contributed by atoms with Crippen LogP contribution in [-0.4, -0.2) is 10.9 Å². The SMILES string of the molecule is Cc1ccc(Oc2nc(C(F)(F)F)ccc2C(N)=O)cc1. The van der Waals surface area contributed by atoms with Crippen LogP contribution in [0, 0.1) is 6.92 Å². The Morgan fingerprint density at radius 3 is 2.29 bits per heavy atom. The lowest BCUT2D eigenvalue weighted by Gasteiger charge is -2.11. The first-order valence-electron chi connectivity index (χ1n) is 5.90. The molecule has 2 rings (SSSR count). The predicted molar refractivity (Wildman–Crippen MR) is 69.0 cm³/mol. The summed E-state index contributed by atoms with van der Waals surface area (Å²) in [6.07, 6.45) is -4.64. The van der Waals surface area contributed by atoms with Crippen molar-refractivity contribution in [3.63, 3.8) is 0 Å². The molecule has 2 aromatic rings. The zero-order valence-corrected chi connectivity index (χ0v) is 10.9. The Balaban J connectivity index is 2.43. The Morgan fingerprint density at radius 1 is 1.14 bits per heavy atom. The largest absolute Gasteiger partial charge is 0.438 e. The number of benzene rings is 1. The Bertz CT molecular complexity index is 667. The molecule has 21 heavy (non-hydrogen) atoms. The van der Waals surface area contributed by atoms with Gasteiger partial charge in [-0.05, 0) is 31.2 Å². The number of halogens is 3. The van der Waals surface area contributed by atoms with E-state index in [1.54, 1.807) is 24.3 Å². The van der Waals surface area contributed by atoms with Gasteiger partial charge in [0.1, 0.15) is 17.0 Å². The van der Waals surface area contributed by atoms with E-state index in [9.17, 15) is 18.0 Å². The third-order valence-corrected chi connectivity index (χ3v) is 2.65. The molecule has 0 aliphatic carbocycles. The molecule has 0 atom stereocenters. The van der Waals surface area contributed by atoms with Crippen LogP contribution in [0.5, 0.6) is 11.6 Å². The minimum atomic E-state index is -4.64. The predicted octanol–water partition coefficient (Wildman–Crippen LogP) is 3.30. The molecule has 1 amide bonds. The van der Waals surface area contributed by atoms with Crippen molar-refractivity contribution < 1.29 is 22.7 Å². The Labute approximate surface area is 118 Å². The molecule has 1 aromatic carbocycles. The van der Waals surface area contributed by atoms with Crippen LogP contribution in [0.2, 0.25) is 0 Å². The van der Waals surface area contributed by atoms with Crippen LogP contribution in [0.25, 0.3) is 0 Å². The molecule has 0 bridgehead atoms. The van der Waals surface area contributed by atoms with Gasteiger partial charge in [-0.25, -0.2) is 4.98 Å². The zero-order chi connectivity index (χ0) is 15.6. The molecule has 4 nitrogen and oxygen atoms in total. The quantitative estimate of drug-likeness (QED) is 0.945. The molecule has 0 aliphatic heterocycles. The van der Waals surface area contributed by atoms with E-state index >= 15 is 0 Å². The summed E-state index contributed by atoms with van der Waals surface area (Å²) in [7, 11) is 0. The van der Waals surface area contributed by atoms with Crippen LogP contribution in [0.3, 0.4) is 0 Å².